The zero-order chi connectivity index (χ0) is 13.5. The number of aldehydes is 1. The zero-order valence-corrected chi connectivity index (χ0v) is 13.3. The number of rotatable bonds is 14. The van der Waals surface area contributed by atoms with Gasteiger partial charge in [-0.15, -0.1) is 0 Å². The monoisotopic (exact) mass is 272 g/mol. The zero-order valence-electron chi connectivity index (χ0n) is 12.5. The molecule has 0 aromatic rings. The predicted octanol–water partition coefficient (Wildman–Crippen LogP) is 5.62. The quantitative estimate of drug-likeness (QED) is 0.301. The highest BCUT2D eigenvalue weighted by Crippen LogP contribution is 2.19. The maximum atomic E-state index is 11.0. The van der Waals surface area contributed by atoms with Crippen LogP contribution in [0.5, 0.6) is 0 Å². The van der Waals surface area contributed by atoms with E-state index in [1.165, 1.54) is 70.0 Å². The minimum atomic E-state index is 0.262. The van der Waals surface area contributed by atoms with Crippen LogP contribution in [0.25, 0.3) is 0 Å². The lowest BCUT2D eigenvalue weighted by molar-refractivity contribution is -0.107. The SMILES string of the molecule is CCCCCCCCC(C=O)SCCCCCC. The number of hydrogen-bond donors (Lipinski definition) is 0. The van der Waals surface area contributed by atoms with E-state index in [-0.39, 0.29) is 5.25 Å². The first-order valence-electron chi connectivity index (χ1n) is 7.92. The van der Waals surface area contributed by atoms with Crippen molar-refractivity contribution in [1.82, 2.24) is 0 Å². The molecule has 0 rings (SSSR count). The molecular weight excluding hydrogens is 240 g/mol. The molecule has 0 heterocycles. The lowest BCUT2D eigenvalue weighted by Crippen LogP contribution is -2.05. The van der Waals surface area contributed by atoms with Crippen LogP contribution in [0.1, 0.15) is 84.5 Å². The summed E-state index contributed by atoms with van der Waals surface area (Å²) in [5, 5.41) is 0.262. The Morgan fingerprint density at radius 1 is 0.833 bits per heavy atom. The lowest BCUT2D eigenvalue weighted by Gasteiger charge is -2.09. The third-order valence-corrected chi connectivity index (χ3v) is 4.62. The van der Waals surface area contributed by atoms with Gasteiger partial charge >= 0.3 is 0 Å². The van der Waals surface area contributed by atoms with Crippen molar-refractivity contribution < 1.29 is 4.79 Å². The second-order valence-electron chi connectivity index (χ2n) is 5.16. The topological polar surface area (TPSA) is 17.1 Å². The average Bonchev–Trinajstić information content (AvgIpc) is 2.40. The van der Waals surface area contributed by atoms with Gasteiger partial charge in [0.15, 0.2) is 0 Å². The Balaban J connectivity index is 3.32. The van der Waals surface area contributed by atoms with Crippen molar-refractivity contribution in [3.05, 3.63) is 0 Å². The standard InChI is InChI=1S/C16H32OS/c1-3-5-7-9-10-11-13-16(15-17)18-14-12-8-6-4-2/h15-16H,3-14H2,1-2H3. The average molecular weight is 272 g/mol. The highest BCUT2D eigenvalue weighted by Gasteiger charge is 2.06. The summed E-state index contributed by atoms with van der Waals surface area (Å²) in [7, 11) is 0. The summed E-state index contributed by atoms with van der Waals surface area (Å²) in [5.74, 6) is 1.17. The molecule has 0 amide bonds. The summed E-state index contributed by atoms with van der Waals surface area (Å²) in [6.45, 7) is 4.48. The summed E-state index contributed by atoms with van der Waals surface area (Å²) in [5.41, 5.74) is 0. The molecule has 0 aromatic heterocycles. The minimum Gasteiger partial charge on any atom is -0.302 e. The van der Waals surface area contributed by atoms with Gasteiger partial charge in [0.05, 0.1) is 5.25 Å². The van der Waals surface area contributed by atoms with Gasteiger partial charge in [0, 0.05) is 0 Å². The Kier molecular flexibility index (Phi) is 15.1. The highest BCUT2D eigenvalue weighted by molar-refractivity contribution is 8.00. The molecule has 0 spiro atoms. The number of hydrogen-bond acceptors (Lipinski definition) is 2. The first-order chi connectivity index (χ1) is 8.85. The van der Waals surface area contributed by atoms with Crippen LogP contribution in [0.15, 0.2) is 0 Å². The van der Waals surface area contributed by atoms with Gasteiger partial charge in [-0.1, -0.05) is 71.6 Å². The summed E-state index contributed by atoms with van der Waals surface area (Å²) >= 11 is 1.87. The highest BCUT2D eigenvalue weighted by atomic mass is 32.2. The summed E-state index contributed by atoms with van der Waals surface area (Å²) in [4.78, 5) is 11.0. The fourth-order valence-electron chi connectivity index (χ4n) is 2.08. The molecule has 0 saturated carbocycles. The van der Waals surface area contributed by atoms with Crippen LogP contribution in [-0.2, 0) is 4.79 Å². The van der Waals surface area contributed by atoms with Crippen molar-refractivity contribution in [1.29, 1.82) is 0 Å². The minimum absolute atomic E-state index is 0.262. The van der Waals surface area contributed by atoms with Crippen LogP contribution < -0.4 is 0 Å². The van der Waals surface area contributed by atoms with E-state index < -0.39 is 0 Å². The largest absolute Gasteiger partial charge is 0.302 e. The van der Waals surface area contributed by atoms with E-state index in [0.29, 0.717) is 0 Å². The first kappa shape index (κ1) is 18.0. The van der Waals surface area contributed by atoms with Crippen molar-refractivity contribution in [2.24, 2.45) is 0 Å². The van der Waals surface area contributed by atoms with Gasteiger partial charge in [0.25, 0.3) is 0 Å². The predicted molar refractivity (Wildman–Crippen MR) is 84.4 cm³/mol. The molecule has 0 aliphatic heterocycles. The van der Waals surface area contributed by atoms with Gasteiger partial charge < -0.3 is 4.79 Å². The fourth-order valence-corrected chi connectivity index (χ4v) is 3.17. The molecule has 0 N–H and O–H groups in total. The fraction of sp³-hybridized carbons (Fsp3) is 0.938. The molecule has 2 heteroatoms. The molecule has 0 saturated heterocycles. The van der Waals surface area contributed by atoms with E-state index in [2.05, 4.69) is 13.8 Å². The lowest BCUT2D eigenvalue weighted by atomic mass is 10.1. The van der Waals surface area contributed by atoms with E-state index in [0.717, 1.165) is 12.7 Å². The normalized spacial score (nSPS) is 12.6. The van der Waals surface area contributed by atoms with Crippen LogP contribution in [0, 0.1) is 0 Å². The van der Waals surface area contributed by atoms with Gasteiger partial charge in [-0.3, -0.25) is 0 Å². The van der Waals surface area contributed by atoms with E-state index in [9.17, 15) is 4.79 Å². The number of unbranched alkanes of at least 4 members (excludes halogenated alkanes) is 8. The van der Waals surface area contributed by atoms with Crippen LogP contribution in [0.4, 0.5) is 0 Å². The molecule has 0 aliphatic carbocycles. The molecular formula is C16H32OS. The van der Waals surface area contributed by atoms with Crippen molar-refractivity contribution in [2.75, 3.05) is 5.75 Å². The summed E-state index contributed by atoms with van der Waals surface area (Å²) in [6, 6.07) is 0. The maximum Gasteiger partial charge on any atom is 0.132 e. The van der Waals surface area contributed by atoms with E-state index in [1.54, 1.807) is 0 Å². The number of thioether (sulfide) groups is 1. The smallest absolute Gasteiger partial charge is 0.132 e. The van der Waals surface area contributed by atoms with Gasteiger partial charge in [0.2, 0.25) is 0 Å². The Morgan fingerprint density at radius 2 is 1.39 bits per heavy atom. The maximum absolute atomic E-state index is 11.0. The molecule has 1 nitrogen and oxygen atoms in total. The van der Waals surface area contributed by atoms with Crippen molar-refractivity contribution in [2.45, 2.75) is 89.7 Å². The van der Waals surface area contributed by atoms with E-state index in [4.69, 9.17) is 0 Å². The van der Waals surface area contributed by atoms with Crippen molar-refractivity contribution in [3.8, 4) is 0 Å². The third kappa shape index (κ3) is 12.5. The van der Waals surface area contributed by atoms with Gasteiger partial charge in [-0.05, 0) is 18.6 Å². The Labute approximate surface area is 118 Å². The van der Waals surface area contributed by atoms with Crippen molar-refractivity contribution in [3.63, 3.8) is 0 Å². The van der Waals surface area contributed by atoms with E-state index >= 15 is 0 Å². The summed E-state index contributed by atoms with van der Waals surface area (Å²) in [6.07, 6.45) is 15.4. The molecule has 1 unspecified atom stereocenters. The molecule has 108 valence electrons. The molecule has 18 heavy (non-hydrogen) atoms. The van der Waals surface area contributed by atoms with Crippen LogP contribution in [0.3, 0.4) is 0 Å². The van der Waals surface area contributed by atoms with Crippen molar-refractivity contribution >= 4 is 18.0 Å². The van der Waals surface area contributed by atoms with E-state index in [1.807, 2.05) is 11.8 Å². The van der Waals surface area contributed by atoms with Gasteiger partial charge in [0.1, 0.15) is 6.29 Å². The second-order valence-corrected chi connectivity index (χ2v) is 6.51. The van der Waals surface area contributed by atoms with Crippen LogP contribution in [-0.4, -0.2) is 17.3 Å². The molecule has 0 aromatic carbocycles. The van der Waals surface area contributed by atoms with Gasteiger partial charge in [-0.25, -0.2) is 0 Å². The number of carbonyl (C=O) groups is 1. The molecule has 0 radical (unpaired) electrons. The molecule has 0 bridgehead atoms. The first-order valence-corrected chi connectivity index (χ1v) is 8.96. The Morgan fingerprint density at radius 3 is 2.00 bits per heavy atom. The number of carbonyl (C=O) groups excluding carboxylic acids is 1. The van der Waals surface area contributed by atoms with Crippen LogP contribution >= 0.6 is 11.8 Å². The Hall–Kier alpha value is 0.0200. The second kappa shape index (κ2) is 15.1. The molecule has 0 fully saturated rings. The van der Waals surface area contributed by atoms with Crippen LogP contribution in [0.2, 0.25) is 0 Å². The van der Waals surface area contributed by atoms with Gasteiger partial charge in [-0.2, -0.15) is 11.8 Å². The summed E-state index contributed by atoms with van der Waals surface area (Å²) < 4.78 is 0. The molecule has 0 aliphatic rings. The Bertz CT molecular complexity index is 170. The third-order valence-electron chi connectivity index (χ3n) is 3.32. The molecule has 1 atom stereocenters.